The average Bonchev–Trinajstić information content (AvgIpc) is 3.24. The maximum absolute atomic E-state index is 13.3. The number of ether oxygens (including phenoxy) is 2. The first kappa shape index (κ1) is 34.2. The number of nitrogens with zero attached hydrogens (tertiary/aromatic N) is 6. The lowest BCUT2D eigenvalue weighted by molar-refractivity contribution is -0.179. The molecule has 0 saturated carbocycles. The van der Waals surface area contributed by atoms with E-state index in [4.69, 9.17) is 19.8 Å². The number of nitrogens with one attached hydrogen (secondary N) is 2. The molecule has 3 N–H and O–H groups in total. The van der Waals surface area contributed by atoms with Gasteiger partial charge in [0.2, 0.25) is 5.60 Å². The topological polar surface area (TPSA) is 252 Å². The molecule has 1 fully saturated rings. The van der Waals surface area contributed by atoms with E-state index in [9.17, 15) is 32.1 Å². The standard InChI is InChI=1S/C22H32N8O10S2/c1-20(2,3)38-17(33)22(7,8)40-28-13(11-10-41-18(25-11)27-19(34)39-21(4,5)6)15(31)26-14-12(9-24-29-23)30(16(14)32)42(35,36)37/h10,12,14H,9H2,1-8H3,(H,26,31)(H,25,27,34)(H,35,36,37)/t12-,14+/m1/s1. The van der Waals surface area contributed by atoms with Crippen molar-refractivity contribution in [2.75, 3.05) is 11.9 Å². The predicted octanol–water partition coefficient (Wildman–Crippen LogP) is 2.14. The summed E-state index contributed by atoms with van der Waals surface area (Å²) in [4.78, 5) is 62.6. The van der Waals surface area contributed by atoms with Gasteiger partial charge in [0.15, 0.2) is 10.8 Å². The molecule has 18 nitrogen and oxygen atoms in total. The van der Waals surface area contributed by atoms with Crippen LogP contribution in [0, 0.1) is 0 Å². The molecule has 0 bridgehead atoms. The summed E-state index contributed by atoms with van der Waals surface area (Å²) in [5.41, 5.74) is 4.46. The van der Waals surface area contributed by atoms with Gasteiger partial charge in [-0.3, -0.25) is 19.5 Å². The molecule has 0 aliphatic carbocycles. The van der Waals surface area contributed by atoms with Gasteiger partial charge in [0, 0.05) is 10.3 Å². The number of hydrogen-bond acceptors (Lipinski definition) is 13. The number of esters is 1. The third-order valence-corrected chi connectivity index (χ3v) is 6.57. The molecule has 232 valence electrons. The first-order chi connectivity index (χ1) is 19.1. The third-order valence-electron chi connectivity index (χ3n) is 4.86. The first-order valence-corrected chi connectivity index (χ1v) is 14.4. The summed E-state index contributed by atoms with van der Waals surface area (Å²) in [6.07, 6.45) is -0.833. The normalized spacial score (nSPS) is 17.9. The highest BCUT2D eigenvalue weighted by Gasteiger charge is 2.54. The van der Waals surface area contributed by atoms with Crippen molar-refractivity contribution in [2.24, 2.45) is 10.3 Å². The number of rotatable bonds is 10. The number of anilines is 1. The maximum atomic E-state index is 13.3. The number of carbonyl (C=O) groups is 4. The maximum Gasteiger partial charge on any atom is 0.413 e. The minimum absolute atomic E-state index is 0.00958. The number of aromatic nitrogens is 1. The van der Waals surface area contributed by atoms with Gasteiger partial charge in [0.25, 0.3) is 11.8 Å². The van der Waals surface area contributed by atoms with E-state index in [-0.39, 0.29) is 15.1 Å². The largest absolute Gasteiger partial charge is 0.457 e. The molecule has 1 aliphatic heterocycles. The van der Waals surface area contributed by atoms with Gasteiger partial charge in [-0.05, 0) is 60.9 Å². The van der Waals surface area contributed by atoms with Crippen LogP contribution in [0.25, 0.3) is 10.4 Å². The van der Waals surface area contributed by atoms with Gasteiger partial charge in [-0.2, -0.15) is 8.42 Å². The molecule has 1 aliphatic rings. The van der Waals surface area contributed by atoms with Crippen LogP contribution in [-0.4, -0.2) is 87.3 Å². The molecular weight excluding hydrogens is 600 g/mol. The second-order valence-corrected chi connectivity index (χ2v) is 13.4. The van der Waals surface area contributed by atoms with Crippen molar-refractivity contribution in [2.45, 2.75) is 84.3 Å². The number of β-lactam (4-membered cyclic amide) rings is 1. The summed E-state index contributed by atoms with van der Waals surface area (Å²) in [6.45, 7) is 11.9. The molecule has 2 rings (SSSR count). The lowest BCUT2D eigenvalue weighted by Crippen LogP contribution is -2.73. The Balaban J connectivity index is 2.42. The summed E-state index contributed by atoms with van der Waals surface area (Å²) >= 11 is 0.878. The van der Waals surface area contributed by atoms with Gasteiger partial charge >= 0.3 is 22.4 Å². The Morgan fingerprint density at radius 1 is 1.14 bits per heavy atom. The minimum atomic E-state index is -5.03. The van der Waals surface area contributed by atoms with Crippen molar-refractivity contribution >= 4 is 56.4 Å². The third kappa shape index (κ3) is 9.26. The SMILES string of the molecule is CC(C)(C)OC(=O)Nc1nc(C(=NOC(C)(C)C(=O)OC(C)(C)C)C(=O)N[C@@H]2C(=O)N(S(=O)(=O)O)[C@@H]2CN=[N+]=[N-])cs1. The quantitative estimate of drug-likeness (QED) is 0.0492. The number of thiazole rings is 1. The van der Waals surface area contributed by atoms with E-state index in [1.165, 1.54) is 19.2 Å². The van der Waals surface area contributed by atoms with Crippen LogP contribution >= 0.6 is 11.3 Å². The molecule has 1 aromatic rings. The summed E-state index contributed by atoms with van der Waals surface area (Å²) in [7, 11) is -5.03. The number of oxime groups is 1. The van der Waals surface area contributed by atoms with Crippen molar-refractivity contribution < 1.29 is 46.5 Å². The number of carbonyl (C=O) groups excluding carboxylic acids is 4. The Morgan fingerprint density at radius 2 is 1.74 bits per heavy atom. The molecular formula is C22H32N8O10S2. The molecule has 0 unspecified atom stereocenters. The van der Waals surface area contributed by atoms with Gasteiger partial charge < -0.3 is 19.6 Å². The van der Waals surface area contributed by atoms with Crippen LogP contribution in [-0.2, 0) is 39.0 Å². The Morgan fingerprint density at radius 3 is 2.26 bits per heavy atom. The smallest absolute Gasteiger partial charge is 0.413 e. The van der Waals surface area contributed by atoms with Gasteiger partial charge in [-0.1, -0.05) is 10.3 Å². The van der Waals surface area contributed by atoms with Gasteiger partial charge in [-0.25, -0.2) is 18.9 Å². The zero-order chi connectivity index (χ0) is 32.3. The monoisotopic (exact) mass is 632 g/mol. The fourth-order valence-corrected chi connectivity index (χ4v) is 4.66. The van der Waals surface area contributed by atoms with E-state index in [0.717, 1.165) is 11.3 Å². The fourth-order valence-electron chi connectivity index (χ4n) is 3.10. The predicted molar refractivity (Wildman–Crippen MR) is 148 cm³/mol. The fraction of sp³-hybridized carbons (Fsp3) is 0.636. The van der Waals surface area contributed by atoms with Crippen molar-refractivity contribution in [3.63, 3.8) is 0 Å². The lowest BCUT2D eigenvalue weighted by atomic mass is 9.98. The average molecular weight is 633 g/mol. The highest BCUT2D eigenvalue weighted by Crippen LogP contribution is 2.25. The number of amides is 3. The Labute approximate surface area is 245 Å². The molecule has 0 aromatic carbocycles. The Bertz CT molecular complexity index is 1420. The van der Waals surface area contributed by atoms with Crippen LogP contribution in [0.2, 0.25) is 0 Å². The van der Waals surface area contributed by atoms with Crippen molar-refractivity contribution in [3.8, 4) is 0 Å². The molecule has 0 radical (unpaired) electrons. The van der Waals surface area contributed by atoms with Crippen molar-refractivity contribution in [1.29, 1.82) is 0 Å². The van der Waals surface area contributed by atoms with Crippen LogP contribution in [0.1, 0.15) is 61.1 Å². The van der Waals surface area contributed by atoms with Gasteiger partial charge in [0.05, 0.1) is 12.6 Å². The van der Waals surface area contributed by atoms with Crippen LogP contribution in [0.3, 0.4) is 0 Å². The van der Waals surface area contributed by atoms with Gasteiger partial charge in [0.1, 0.15) is 22.9 Å². The zero-order valence-electron chi connectivity index (χ0n) is 24.1. The second kappa shape index (κ2) is 12.5. The molecule has 2 heterocycles. The van der Waals surface area contributed by atoms with E-state index in [0.29, 0.717) is 0 Å². The zero-order valence-corrected chi connectivity index (χ0v) is 25.7. The summed E-state index contributed by atoms with van der Waals surface area (Å²) in [6, 6.07) is -3.01. The Kier molecular flexibility index (Phi) is 10.2. The molecule has 20 heteroatoms. The summed E-state index contributed by atoms with van der Waals surface area (Å²) < 4.78 is 43.1. The Hall–Kier alpha value is -4.00. The van der Waals surface area contributed by atoms with Gasteiger partial charge in [-0.15, -0.1) is 11.3 Å². The van der Waals surface area contributed by atoms with E-state index in [1.54, 1.807) is 41.5 Å². The van der Waals surface area contributed by atoms with Crippen molar-refractivity contribution in [1.82, 2.24) is 14.6 Å². The lowest BCUT2D eigenvalue weighted by Gasteiger charge is -2.43. The van der Waals surface area contributed by atoms with E-state index in [1.807, 2.05) is 0 Å². The van der Waals surface area contributed by atoms with E-state index < -0.39 is 75.3 Å². The molecule has 1 aromatic heterocycles. The molecule has 2 atom stereocenters. The van der Waals surface area contributed by atoms with Crippen LogP contribution < -0.4 is 10.6 Å². The van der Waals surface area contributed by atoms with E-state index >= 15 is 0 Å². The van der Waals surface area contributed by atoms with Crippen LogP contribution in [0.5, 0.6) is 0 Å². The molecule has 0 spiro atoms. The molecule has 1 saturated heterocycles. The highest BCUT2D eigenvalue weighted by molar-refractivity contribution is 7.84. The number of azide groups is 1. The summed E-state index contributed by atoms with van der Waals surface area (Å²) in [5, 5.41) is 12.9. The summed E-state index contributed by atoms with van der Waals surface area (Å²) in [5.74, 6) is -3.16. The highest BCUT2D eigenvalue weighted by atomic mass is 32.2. The molecule has 3 amide bonds. The van der Waals surface area contributed by atoms with Crippen LogP contribution in [0.15, 0.2) is 15.7 Å². The first-order valence-electron chi connectivity index (χ1n) is 12.1. The van der Waals surface area contributed by atoms with E-state index in [2.05, 4.69) is 30.8 Å². The van der Waals surface area contributed by atoms with Crippen LogP contribution in [0.4, 0.5) is 9.93 Å². The number of hydrogen-bond donors (Lipinski definition) is 3. The molecule has 42 heavy (non-hydrogen) atoms. The second-order valence-electron chi connectivity index (χ2n) is 11.3. The minimum Gasteiger partial charge on any atom is -0.457 e. The van der Waals surface area contributed by atoms with Crippen molar-refractivity contribution in [3.05, 3.63) is 21.5 Å².